The van der Waals surface area contributed by atoms with Crippen LogP contribution in [-0.4, -0.2) is 21.2 Å². The maximum Gasteiger partial charge on any atom is 0.228 e. The van der Waals surface area contributed by atoms with Crippen LogP contribution < -0.4 is 5.32 Å². The van der Waals surface area contributed by atoms with Crippen LogP contribution in [-0.2, 0) is 4.79 Å². The van der Waals surface area contributed by atoms with Crippen molar-refractivity contribution in [3.63, 3.8) is 0 Å². The Labute approximate surface area is 128 Å². The van der Waals surface area contributed by atoms with Gasteiger partial charge in [0.15, 0.2) is 5.82 Å². The first-order valence-corrected chi connectivity index (χ1v) is 7.85. The number of nitrogens with zero attached hydrogens (tertiary/aromatic N) is 1. The minimum Gasteiger partial charge on any atom is -0.508 e. The van der Waals surface area contributed by atoms with Gasteiger partial charge in [-0.3, -0.25) is 9.89 Å². The van der Waals surface area contributed by atoms with Gasteiger partial charge in [-0.05, 0) is 43.2 Å². The molecule has 2 aliphatic carbocycles. The largest absolute Gasteiger partial charge is 0.508 e. The second-order valence-electron chi connectivity index (χ2n) is 6.40. The second kappa shape index (κ2) is 5.16. The fourth-order valence-corrected chi connectivity index (χ4v) is 3.14. The van der Waals surface area contributed by atoms with Gasteiger partial charge < -0.3 is 10.4 Å². The monoisotopic (exact) mass is 297 g/mol. The number of carbonyl (C=O) groups excluding carboxylic acids is 1. The highest BCUT2D eigenvalue weighted by molar-refractivity contribution is 5.93. The highest BCUT2D eigenvalue weighted by atomic mass is 16.3. The van der Waals surface area contributed by atoms with Crippen LogP contribution in [0.25, 0.3) is 0 Å². The second-order valence-corrected chi connectivity index (χ2v) is 6.40. The molecule has 1 heterocycles. The molecular formula is C17H19N3O2. The van der Waals surface area contributed by atoms with E-state index in [2.05, 4.69) is 15.5 Å². The van der Waals surface area contributed by atoms with Crippen molar-refractivity contribution in [3.05, 3.63) is 41.6 Å². The number of para-hydroxylation sites is 1. The van der Waals surface area contributed by atoms with Crippen LogP contribution >= 0.6 is 0 Å². The van der Waals surface area contributed by atoms with Crippen LogP contribution in [0.1, 0.15) is 48.8 Å². The van der Waals surface area contributed by atoms with Crippen LogP contribution in [0.15, 0.2) is 30.3 Å². The van der Waals surface area contributed by atoms with Gasteiger partial charge >= 0.3 is 0 Å². The van der Waals surface area contributed by atoms with Crippen molar-refractivity contribution in [1.82, 2.24) is 10.2 Å². The van der Waals surface area contributed by atoms with Crippen molar-refractivity contribution in [2.45, 2.75) is 37.5 Å². The third-order valence-corrected chi connectivity index (χ3v) is 4.75. The summed E-state index contributed by atoms with van der Waals surface area (Å²) in [6.07, 6.45) is 3.98. The Bertz CT molecular complexity index is 699. The average molecular weight is 297 g/mol. The standard InChI is InChI=1S/C17H19N3O2/c21-15-4-2-1-3-13(15)11-7-12(8-11)14-9-16(20-19-14)18-17(22)10-5-6-10/h1-4,9-12,21H,5-8H2,(H2,18,19,20,22). The molecule has 2 aromatic rings. The van der Waals surface area contributed by atoms with Gasteiger partial charge in [-0.1, -0.05) is 18.2 Å². The molecule has 5 nitrogen and oxygen atoms in total. The summed E-state index contributed by atoms with van der Waals surface area (Å²) in [5.41, 5.74) is 2.10. The molecule has 0 atom stereocenters. The lowest BCUT2D eigenvalue weighted by Gasteiger charge is -2.35. The summed E-state index contributed by atoms with van der Waals surface area (Å²) in [7, 11) is 0. The Balaban J connectivity index is 1.37. The zero-order valence-corrected chi connectivity index (χ0v) is 12.2. The maximum absolute atomic E-state index is 11.7. The summed E-state index contributed by atoms with van der Waals surface area (Å²) in [5, 5.41) is 20.0. The molecule has 0 bridgehead atoms. The number of carbonyl (C=O) groups is 1. The average Bonchev–Trinajstić information content (AvgIpc) is 3.22. The zero-order valence-electron chi connectivity index (χ0n) is 12.2. The van der Waals surface area contributed by atoms with E-state index >= 15 is 0 Å². The SMILES string of the molecule is O=C(Nc1cc(C2CC(c3ccccc3O)C2)[nH]n1)C1CC1. The molecule has 2 aliphatic rings. The van der Waals surface area contributed by atoms with Gasteiger partial charge in [-0.15, -0.1) is 0 Å². The number of H-pyrrole nitrogens is 1. The molecule has 1 aromatic carbocycles. The van der Waals surface area contributed by atoms with Crippen molar-refractivity contribution in [1.29, 1.82) is 0 Å². The molecule has 1 aromatic heterocycles. The number of nitrogens with one attached hydrogen (secondary N) is 2. The van der Waals surface area contributed by atoms with E-state index in [-0.39, 0.29) is 11.8 Å². The molecule has 2 saturated carbocycles. The Morgan fingerprint density at radius 1 is 1.23 bits per heavy atom. The number of phenols is 1. The number of aromatic hydroxyl groups is 1. The number of amides is 1. The summed E-state index contributed by atoms with van der Waals surface area (Å²) < 4.78 is 0. The number of hydrogen-bond donors (Lipinski definition) is 3. The molecule has 0 spiro atoms. The van der Waals surface area contributed by atoms with Crippen LogP contribution in [0.2, 0.25) is 0 Å². The number of benzene rings is 1. The van der Waals surface area contributed by atoms with E-state index in [0.717, 1.165) is 36.9 Å². The molecule has 0 radical (unpaired) electrons. The van der Waals surface area contributed by atoms with Crippen LogP contribution in [0.4, 0.5) is 5.82 Å². The summed E-state index contributed by atoms with van der Waals surface area (Å²) >= 11 is 0. The first-order valence-electron chi connectivity index (χ1n) is 7.85. The molecule has 114 valence electrons. The lowest BCUT2D eigenvalue weighted by molar-refractivity contribution is -0.117. The van der Waals surface area contributed by atoms with E-state index in [9.17, 15) is 9.90 Å². The van der Waals surface area contributed by atoms with Gasteiger partial charge in [0, 0.05) is 23.6 Å². The first-order chi connectivity index (χ1) is 10.7. The molecule has 22 heavy (non-hydrogen) atoms. The Morgan fingerprint density at radius 2 is 2.00 bits per heavy atom. The van der Waals surface area contributed by atoms with Crippen molar-refractivity contribution in [2.24, 2.45) is 5.92 Å². The van der Waals surface area contributed by atoms with E-state index in [1.165, 1.54) is 0 Å². The lowest BCUT2D eigenvalue weighted by atomic mass is 9.70. The minimum absolute atomic E-state index is 0.0822. The number of hydrogen-bond acceptors (Lipinski definition) is 3. The third kappa shape index (κ3) is 2.47. The van der Waals surface area contributed by atoms with Gasteiger partial charge in [0.05, 0.1) is 0 Å². The summed E-state index contributed by atoms with van der Waals surface area (Å²) in [4.78, 5) is 11.7. The normalized spacial score (nSPS) is 23.8. The van der Waals surface area contributed by atoms with Crippen molar-refractivity contribution < 1.29 is 9.90 Å². The number of aromatic amines is 1. The Hall–Kier alpha value is -2.30. The van der Waals surface area contributed by atoms with E-state index < -0.39 is 0 Å². The molecular weight excluding hydrogens is 278 g/mol. The topological polar surface area (TPSA) is 78.0 Å². The molecule has 2 fully saturated rings. The van der Waals surface area contributed by atoms with Crippen molar-refractivity contribution in [3.8, 4) is 5.75 Å². The smallest absolute Gasteiger partial charge is 0.228 e. The fourth-order valence-electron chi connectivity index (χ4n) is 3.14. The molecule has 1 amide bonds. The predicted molar refractivity (Wildman–Crippen MR) is 82.8 cm³/mol. The van der Waals surface area contributed by atoms with Crippen LogP contribution in [0, 0.1) is 5.92 Å². The van der Waals surface area contributed by atoms with E-state index in [0.29, 0.717) is 23.4 Å². The summed E-state index contributed by atoms with van der Waals surface area (Å²) in [6, 6.07) is 9.48. The van der Waals surface area contributed by atoms with Gasteiger partial charge in [-0.2, -0.15) is 5.10 Å². The highest BCUT2D eigenvalue weighted by Crippen LogP contribution is 2.49. The molecule has 5 heteroatoms. The Morgan fingerprint density at radius 3 is 2.73 bits per heavy atom. The first kappa shape index (κ1) is 13.4. The Kier molecular flexibility index (Phi) is 3.13. The third-order valence-electron chi connectivity index (χ3n) is 4.75. The lowest BCUT2D eigenvalue weighted by Crippen LogP contribution is -2.20. The molecule has 4 rings (SSSR count). The molecule has 0 aliphatic heterocycles. The van der Waals surface area contributed by atoms with Crippen LogP contribution in [0.3, 0.4) is 0 Å². The zero-order chi connectivity index (χ0) is 15.1. The van der Waals surface area contributed by atoms with E-state index in [4.69, 9.17) is 0 Å². The number of phenolic OH excluding ortho intramolecular Hbond substituents is 1. The van der Waals surface area contributed by atoms with Gasteiger partial charge in [0.1, 0.15) is 5.75 Å². The quantitative estimate of drug-likeness (QED) is 0.811. The predicted octanol–water partition coefficient (Wildman–Crippen LogP) is 3.13. The van der Waals surface area contributed by atoms with Crippen molar-refractivity contribution in [2.75, 3.05) is 5.32 Å². The van der Waals surface area contributed by atoms with E-state index in [1.807, 2.05) is 24.3 Å². The number of anilines is 1. The summed E-state index contributed by atoms with van der Waals surface area (Å²) in [6.45, 7) is 0. The summed E-state index contributed by atoms with van der Waals surface area (Å²) in [5.74, 6) is 2.10. The molecule has 0 unspecified atom stereocenters. The molecule has 3 N–H and O–H groups in total. The van der Waals surface area contributed by atoms with E-state index in [1.54, 1.807) is 6.07 Å². The number of aromatic nitrogens is 2. The molecule has 0 saturated heterocycles. The van der Waals surface area contributed by atoms with Crippen LogP contribution in [0.5, 0.6) is 5.75 Å². The van der Waals surface area contributed by atoms with Crippen molar-refractivity contribution >= 4 is 11.7 Å². The fraction of sp³-hybridized carbons (Fsp3) is 0.412. The number of rotatable bonds is 4. The highest BCUT2D eigenvalue weighted by Gasteiger charge is 2.34. The maximum atomic E-state index is 11.7. The van der Waals surface area contributed by atoms with Gasteiger partial charge in [-0.25, -0.2) is 0 Å². The van der Waals surface area contributed by atoms with Gasteiger partial charge in [0.25, 0.3) is 0 Å². The minimum atomic E-state index is 0.0822. The van der Waals surface area contributed by atoms with Gasteiger partial charge in [0.2, 0.25) is 5.91 Å².